The number of rotatable bonds is 6. The van der Waals surface area contributed by atoms with Gasteiger partial charge in [-0.05, 0) is 37.3 Å². The van der Waals surface area contributed by atoms with Crippen LogP contribution in [-0.2, 0) is 13.2 Å². The topological polar surface area (TPSA) is 44.2 Å². The minimum atomic E-state index is 0.486. The molecule has 4 nitrogen and oxygen atoms in total. The van der Waals surface area contributed by atoms with Gasteiger partial charge in [-0.15, -0.1) is 11.3 Å². The molecule has 0 amide bonds. The first-order valence-corrected chi connectivity index (χ1v) is 7.83. The maximum atomic E-state index is 5.71. The van der Waals surface area contributed by atoms with Crippen LogP contribution in [0.5, 0.6) is 11.5 Å². The molecule has 0 radical (unpaired) electrons. The van der Waals surface area contributed by atoms with Crippen LogP contribution in [0.2, 0.25) is 0 Å². The summed E-state index contributed by atoms with van der Waals surface area (Å²) in [7, 11) is 0. The zero-order valence-corrected chi connectivity index (χ0v) is 13.0. The monoisotopic (exact) mass is 312 g/mol. The van der Waals surface area contributed by atoms with E-state index < -0.39 is 0 Å². The molecule has 0 spiro atoms. The maximum Gasteiger partial charge on any atom is 0.131 e. The molecule has 0 atom stereocenters. The van der Waals surface area contributed by atoms with Gasteiger partial charge in [-0.2, -0.15) is 0 Å². The average molecular weight is 312 g/mol. The van der Waals surface area contributed by atoms with E-state index in [0.29, 0.717) is 13.2 Å². The molecule has 1 aromatic carbocycles. The van der Waals surface area contributed by atoms with Gasteiger partial charge in [-0.3, -0.25) is 4.98 Å². The number of thiazole rings is 1. The Morgan fingerprint density at radius 1 is 1.00 bits per heavy atom. The third kappa shape index (κ3) is 4.05. The van der Waals surface area contributed by atoms with Crippen molar-refractivity contribution >= 4 is 11.3 Å². The number of pyridine rings is 1. The summed E-state index contributed by atoms with van der Waals surface area (Å²) < 4.78 is 11.4. The Bertz CT molecular complexity index is 711. The Morgan fingerprint density at radius 3 is 2.32 bits per heavy atom. The number of aryl methyl sites for hydroxylation is 1. The Kier molecular flexibility index (Phi) is 4.65. The molecule has 0 aliphatic heterocycles. The van der Waals surface area contributed by atoms with Crippen molar-refractivity contribution in [3.8, 4) is 11.5 Å². The van der Waals surface area contributed by atoms with E-state index >= 15 is 0 Å². The second kappa shape index (κ2) is 7.04. The molecule has 5 heteroatoms. The summed E-state index contributed by atoms with van der Waals surface area (Å²) in [4.78, 5) is 8.43. The molecule has 0 saturated heterocycles. The van der Waals surface area contributed by atoms with E-state index in [1.165, 1.54) is 0 Å². The molecule has 0 saturated carbocycles. The highest BCUT2D eigenvalue weighted by atomic mass is 32.1. The lowest BCUT2D eigenvalue weighted by Crippen LogP contribution is -1.97. The number of nitrogens with zero attached hydrogens (tertiary/aromatic N) is 2. The van der Waals surface area contributed by atoms with Crippen molar-refractivity contribution in [2.45, 2.75) is 20.1 Å². The molecule has 0 aliphatic rings. The van der Waals surface area contributed by atoms with E-state index in [9.17, 15) is 0 Å². The summed E-state index contributed by atoms with van der Waals surface area (Å²) in [5.74, 6) is 1.61. The summed E-state index contributed by atoms with van der Waals surface area (Å²) in [6.07, 6.45) is 3.55. The minimum Gasteiger partial charge on any atom is -0.489 e. The predicted octanol–water partition coefficient (Wildman–Crippen LogP) is 4.00. The second-order valence-corrected chi connectivity index (χ2v) is 5.83. The normalized spacial score (nSPS) is 10.4. The number of ether oxygens (including phenoxy) is 2. The molecular formula is C17H16N2O2S. The first-order chi connectivity index (χ1) is 10.8. The molecular weight excluding hydrogens is 296 g/mol. The van der Waals surface area contributed by atoms with Crippen LogP contribution in [0.25, 0.3) is 0 Å². The second-order valence-electron chi connectivity index (χ2n) is 4.77. The molecule has 22 heavy (non-hydrogen) atoms. The highest BCUT2D eigenvalue weighted by Gasteiger charge is 2.01. The number of hydrogen-bond donors (Lipinski definition) is 0. The first-order valence-electron chi connectivity index (χ1n) is 6.95. The van der Waals surface area contributed by atoms with Crippen LogP contribution < -0.4 is 9.47 Å². The molecule has 0 fully saturated rings. The predicted molar refractivity (Wildman–Crippen MR) is 86.2 cm³/mol. The van der Waals surface area contributed by atoms with E-state index in [0.717, 1.165) is 27.8 Å². The number of hydrogen-bond acceptors (Lipinski definition) is 5. The van der Waals surface area contributed by atoms with E-state index in [1.807, 2.05) is 48.7 Å². The Morgan fingerprint density at radius 2 is 1.73 bits per heavy atom. The first kappa shape index (κ1) is 14.5. The van der Waals surface area contributed by atoms with Crippen molar-refractivity contribution in [2.75, 3.05) is 0 Å². The summed E-state index contributed by atoms with van der Waals surface area (Å²) in [6.45, 7) is 2.98. The molecule has 0 unspecified atom stereocenters. The van der Waals surface area contributed by atoms with E-state index in [1.54, 1.807) is 23.7 Å². The smallest absolute Gasteiger partial charge is 0.131 e. The summed E-state index contributed by atoms with van der Waals surface area (Å²) in [5, 5.41) is 3.07. The lowest BCUT2D eigenvalue weighted by molar-refractivity contribution is 0.295. The van der Waals surface area contributed by atoms with Crippen LogP contribution in [-0.4, -0.2) is 9.97 Å². The van der Waals surface area contributed by atoms with Crippen molar-refractivity contribution < 1.29 is 9.47 Å². The molecule has 112 valence electrons. The summed E-state index contributed by atoms with van der Waals surface area (Å²) in [6, 6.07) is 11.5. The Hall–Kier alpha value is -2.40. The lowest BCUT2D eigenvalue weighted by atomic mass is 10.3. The van der Waals surface area contributed by atoms with E-state index in [4.69, 9.17) is 9.47 Å². The molecule has 0 aliphatic carbocycles. The third-order valence-electron chi connectivity index (χ3n) is 3.01. The highest BCUT2D eigenvalue weighted by molar-refractivity contribution is 7.09. The molecule has 2 heterocycles. The Balaban J connectivity index is 1.51. The third-order valence-corrected chi connectivity index (χ3v) is 3.83. The van der Waals surface area contributed by atoms with Crippen LogP contribution in [0.1, 0.15) is 16.3 Å². The lowest BCUT2D eigenvalue weighted by Gasteiger charge is -2.08. The Labute approximate surface area is 133 Å². The SMILES string of the molecule is Cc1nc(COc2ccc(OCc3cccnc3)cc2)cs1. The minimum absolute atomic E-state index is 0.486. The zero-order chi connectivity index (χ0) is 15.2. The number of aromatic nitrogens is 2. The highest BCUT2D eigenvalue weighted by Crippen LogP contribution is 2.20. The standard InChI is InChI=1S/C17H16N2O2S/c1-13-19-15(12-22-13)11-21-17-6-4-16(5-7-17)20-10-14-3-2-8-18-9-14/h2-9,12H,10-11H2,1H3. The fourth-order valence-electron chi connectivity index (χ4n) is 1.91. The van der Waals surface area contributed by atoms with Crippen LogP contribution in [0.4, 0.5) is 0 Å². The fourth-order valence-corrected chi connectivity index (χ4v) is 2.51. The van der Waals surface area contributed by atoms with Gasteiger partial charge in [-0.25, -0.2) is 4.98 Å². The zero-order valence-electron chi connectivity index (χ0n) is 12.2. The fraction of sp³-hybridized carbons (Fsp3) is 0.176. The van der Waals surface area contributed by atoms with Crippen LogP contribution in [0.3, 0.4) is 0 Å². The summed E-state index contributed by atoms with van der Waals surface area (Å²) in [5.41, 5.74) is 2.00. The largest absolute Gasteiger partial charge is 0.489 e. The van der Waals surface area contributed by atoms with E-state index in [-0.39, 0.29) is 0 Å². The maximum absolute atomic E-state index is 5.71. The molecule has 2 aromatic heterocycles. The van der Waals surface area contributed by atoms with Gasteiger partial charge >= 0.3 is 0 Å². The van der Waals surface area contributed by atoms with Crippen molar-refractivity contribution in [3.63, 3.8) is 0 Å². The van der Waals surface area contributed by atoms with Gasteiger partial charge in [0, 0.05) is 23.3 Å². The molecule has 3 aromatic rings. The molecule has 0 bridgehead atoms. The van der Waals surface area contributed by atoms with Crippen LogP contribution in [0.15, 0.2) is 54.2 Å². The van der Waals surface area contributed by atoms with Gasteiger partial charge in [0.25, 0.3) is 0 Å². The summed E-state index contributed by atoms with van der Waals surface area (Å²) >= 11 is 1.63. The van der Waals surface area contributed by atoms with Crippen LogP contribution >= 0.6 is 11.3 Å². The van der Waals surface area contributed by atoms with Gasteiger partial charge in [0.15, 0.2) is 0 Å². The van der Waals surface area contributed by atoms with Crippen molar-refractivity contribution in [3.05, 3.63) is 70.4 Å². The van der Waals surface area contributed by atoms with Crippen LogP contribution in [0, 0.1) is 6.92 Å². The van der Waals surface area contributed by atoms with E-state index in [2.05, 4.69) is 9.97 Å². The van der Waals surface area contributed by atoms with Gasteiger partial charge in [-0.1, -0.05) is 6.07 Å². The molecule has 0 N–H and O–H groups in total. The van der Waals surface area contributed by atoms with Gasteiger partial charge in [0.05, 0.1) is 10.7 Å². The van der Waals surface area contributed by atoms with Crippen molar-refractivity contribution in [1.29, 1.82) is 0 Å². The van der Waals surface area contributed by atoms with Crippen molar-refractivity contribution in [2.24, 2.45) is 0 Å². The van der Waals surface area contributed by atoms with Gasteiger partial charge in [0.1, 0.15) is 24.7 Å². The quantitative estimate of drug-likeness (QED) is 0.690. The molecule has 3 rings (SSSR count). The van der Waals surface area contributed by atoms with Gasteiger partial charge < -0.3 is 9.47 Å². The average Bonchev–Trinajstić information content (AvgIpc) is 2.98. The van der Waals surface area contributed by atoms with Gasteiger partial charge in [0.2, 0.25) is 0 Å². The van der Waals surface area contributed by atoms with Crippen molar-refractivity contribution in [1.82, 2.24) is 9.97 Å². The number of benzene rings is 1.